The fourth-order valence-corrected chi connectivity index (χ4v) is 12.1. The largest absolute Gasteiger partial charge is 0.438 e. The Kier molecular flexibility index (Phi) is 10.5. The Morgan fingerprint density at radius 3 is 2.37 bits per heavy atom. The number of nitrogens with zero attached hydrogens (tertiary/aromatic N) is 8. The number of hydrogen-bond donors (Lipinski definition) is 1. The number of aromatic nitrogens is 7. The molecular formula is C49H53F2N9O6S. The number of carbonyl (C=O) groups excluding carboxylic acids is 1. The van der Waals surface area contributed by atoms with Gasteiger partial charge in [-0.2, -0.15) is 5.10 Å². The van der Waals surface area contributed by atoms with Crippen molar-refractivity contribution in [2.45, 2.75) is 102 Å². The molecule has 350 valence electrons. The Balaban J connectivity index is 1.11. The van der Waals surface area contributed by atoms with Gasteiger partial charge in [-0.3, -0.25) is 23.4 Å². The number of imidazole rings is 1. The molecule has 7 aromatic rings. The summed E-state index contributed by atoms with van der Waals surface area (Å²) in [5.74, 6) is -1.02. The number of aromatic amines is 1. The maximum absolute atomic E-state index is 16.0. The molecule has 0 unspecified atom stereocenters. The van der Waals surface area contributed by atoms with Crippen LogP contribution in [0.25, 0.3) is 28.1 Å². The fourth-order valence-electron chi connectivity index (χ4n) is 10.7. The lowest BCUT2D eigenvalue weighted by atomic mass is 9.83. The van der Waals surface area contributed by atoms with Crippen LogP contribution < -0.4 is 11.4 Å². The highest BCUT2D eigenvalue weighted by Gasteiger charge is 2.59. The van der Waals surface area contributed by atoms with E-state index in [4.69, 9.17) is 14.4 Å². The van der Waals surface area contributed by atoms with E-state index in [2.05, 4.69) is 53.5 Å². The number of nitrogens with one attached hydrogen (secondary N) is 1. The molecule has 0 radical (unpaired) electrons. The minimum Gasteiger partial charge on any atom is -0.376 e. The van der Waals surface area contributed by atoms with Crippen LogP contribution in [0.3, 0.4) is 0 Å². The van der Waals surface area contributed by atoms with Crippen LogP contribution in [0.2, 0.25) is 0 Å². The quantitative estimate of drug-likeness (QED) is 0.152. The Morgan fingerprint density at radius 1 is 1.00 bits per heavy atom. The van der Waals surface area contributed by atoms with Crippen molar-refractivity contribution in [2.24, 2.45) is 10.3 Å². The van der Waals surface area contributed by atoms with Crippen molar-refractivity contribution in [3.63, 3.8) is 0 Å². The summed E-state index contributed by atoms with van der Waals surface area (Å²) in [4.78, 5) is 47.4. The first-order valence-corrected chi connectivity index (χ1v) is 24.4. The lowest BCUT2D eigenvalue weighted by Gasteiger charge is -2.35. The summed E-state index contributed by atoms with van der Waals surface area (Å²) in [5, 5.41) is 10.1. The van der Waals surface area contributed by atoms with Crippen LogP contribution in [-0.2, 0) is 26.4 Å². The Bertz CT molecular complexity index is 3400. The van der Waals surface area contributed by atoms with E-state index in [1.807, 2.05) is 17.6 Å². The van der Waals surface area contributed by atoms with Gasteiger partial charge in [0.1, 0.15) is 28.7 Å². The average molecular weight is 934 g/mol. The Labute approximate surface area is 385 Å². The second-order valence-electron chi connectivity index (χ2n) is 18.9. The minimum atomic E-state index is -2.85. The van der Waals surface area contributed by atoms with Crippen LogP contribution >= 0.6 is 0 Å². The Morgan fingerprint density at radius 2 is 1.73 bits per heavy atom. The predicted octanol–water partition coefficient (Wildman–Crippen LogP) is 8.03. The third-order valence-electron chi connectivity index (χ3n) is 14.3. The van der Waals surface area contributed by atoms with Crippen LogP contribution in [0.5, 0.6) is 0 Å². The number of benzene rings is 3. The molecule has 5 atom stereocenters. The highest BCUT2D eigenvalue weighted by atomic mass is 32.2. The molecule has 0 spiro atoms. The predicted molar refractivity (Wildman–Crippen MR) is 248 cm³/mol. The molecule has 67 heavy (non-hydrogen) atoms. The summed E-state index contributed by atoms with van der Waals surface area (Å²) in [5.41, 5.74) is 2.98. The van der Waals surface area contributed by atoms with E-state index in [0.717, 1.165) is 39.9 Å². The Hall–Kier alpha value is -6.40. The van der Waals surface area contributed by atoms with Gasteiger partial charge in [-0.05, 0) is 131 Å². The number of ether oxygens (including phenoxy) is 1. The molecule has 3 aromatic carbocycles. The van der Waals surface area contributed by atoms with Crippen molar-refractivity contribution in [2.75, 3.05) is 26.0 Å². The van der Waals surface area contributed by atoms with E-state index in [-0.39, 0.29) is 52.0 Å². The molecule has 0 bridgehead atoms. The third-order valence-corrected chi connectivity index (χ3v) is 16.7. The van der Waals surface area contributed by atoms with Gasteiger partial charge >= 0.3 is 11.4 Å². The maximum atomic E-state index is 16.0. The molecule has 15 nitrogen and oxygen atoms in total. The smallest absolute Gasteiger partial charge is 0.376 e. The van der Waals surface area contributed by atoms with Gasteiger partial charge in [-0.1, -0.05) is 25.1 Å². The van der Waals surface area contributed by atoms with Crippen LogP contribution in [0.4, 0.5) is 8.78 Å². The van der Waals surface area contributed by atoms with Gasteiger partial charge in [0.2, 0.25) is 0 Å². The summed E-state index contributed by atoms with van der Waals surface area (Å²) in [7, 11) is -1.42. The molecule has 6 heterocycles. The van der Waals surface area contributed by atoms with Gasteiger partial charge in [0.15, 0.2) is 5.82 Å². The number of amides is 1. The van der Waals surface area contributed by atoms with Crippen molar-refractivity contribution in [1.29, 1.82) is 0 Å². The summed E-state index contributed by atoms with van der Waals surface area (Å²) in [6, 6.07) is 15.0. The van der Waals surface area contributed by atoms with Crippen molar-refractivity contribution in [3.05, 3.63) is 139 Å². The summed E-state index contributed by atoms with van der Waals surface area (Å²) < 4.78 is 65.7. The second-order valence-corrected chi connectivity index (χ2v) is 21.6. The third kappa shape index (κ3) is 7.04. The summed E-state index contributed by atoms with van der Waals surface area (Å²) in [6.07, 6.45) is 5.59. The van der Waals surface area contributed by atoms with Gasteiger partial charge in [0, 0.05) is 61.2 Å². The molecule has 4 aromatic heterocycles. The molecule has 1 aliphatic carbocycles. The van der Waals surface area contributed by atoms with E-state index in [1.165, 1.54) is 36.1 Å². The number of halogens is 2. The molecule has 10 rings (SSSR count). The molecule has 1 saturated heterocycles. The molecule has 2 fully saturated rings. The molecule has 1 amide bonds. The average Bonchev–Trinajstić information content (AvgIpc) is 3.79. The molecule has 3 aliphatic rings. The van der Waals surface area contributed by atoms with Crippen LogP contribution in [0.15, 0.2) is 90.4 Å². The SMILES string of the molecule is CC[S@@](=O)(=NC)c1ccc(-n2ccn(-c3c4c(nn3-c3cc(C)c(F)c(C)c3)CCN(C(=O)c3cc5cc([C@H]6CCOC(C)(C)C6)ccc5n3[C@@]3(c5noc(=O)[nH]5)C[C@@H]3C)[C@H]4C)c2=O)c(F)c1. The van der Waals surface area contributed by atoms with E-state index in [1.54, 1.807) is 42.5 Å². The van der Waals surface area contributed by atoms with Gasteiger partial charge in [-0.25, -0.2) is 31.6 Å². The monoisotopic (exact) mass is 933 g/mol. The number of carbonyl (C=O) groups is 1. The number of H-pyrrole nitrogens is 1. The van der Waals surface area contributed by atoms with Gasteiger partial charge in [0.25, 0.3) is 5.91 Å². The first-order chi connectivity index (χ1) is 31.9. The van der Waals surface area contributed by atoms with Crippen LogP contribution in [-0.4, -0.2) is 80.2 Å². The fraction of sp³-hybridized carbons (Fsp3) is 0.408. The second kappa shape index (κ2) is 15.9. The van der Waals surface area contributed by atoms with Gasteiger partial charge in [-0.15, -0.1) is 0 Å². The lowest BCUT2D eigenvalue weighted by Crippen LogP contribution is -2.41. The number of fused-ring (bicyclic) bond motifs is 2. The van der Waals surface area contributed by atoms with E-state index >= 15 is 13.6 Å². The van der Waals surface area contributed by atoms with Gasteiger partial charge in [0.05, 0.1) is 43.3 Å². The van der Waals surface area contributed by atoms with E-state index in [0.29, 0.717) is 64.9 Å². The molecule has 2 aliphatic heterocycles. The maximum Gasteiger partial charge on any atom is 0.438 e. The molecule has 1 N–H and O–H groups in total. The van der Waals surface area contributed by atoms with Crippen LogP contribution in [0.1, 0.15) is 110 Å². The molecular weight excluding hydrogens is 881 g/mol. The minimum absolute atomic E-state index is 0.0152. The first-order valence-electron chi connectivity index (χ1n) is 22.7. The van der Waals surface area contributed by atoms with Crippen molar-refractivity contribution in [1.82, 2.24) is 38.5 Å². The van der Waals surface area contributed by atoms with E-state index < -0.39 is 38.6 Å². The van der Waals surface area contributed by atoms with Crippen molar-refractivity contribution in [3.8, 4) is 17.2 Å². The van der Waals surface area contributed by atoms with Gasteiger partial charge < -0.3 is 14.2 Å². The number of hydrogen-bond acceptors (Lipinski definition) is 9. The summed E-state index contributed by atoms with van der Waals surface area (Å²) in [6.45, 7) is 14.1. The highest BCUT2D eigenvalue weighted by Crippen LogP contribution is 2.56. The normalized spacial score (nSPS) is 22.2. The lowest BCUT2D eigenvalue weighted by molar-refractivity contribution is -0.0592. The van der Waals surface area contributed by atoms with E-state index in [9.17, 15) is 13.8 Å². The highest BCUT2D eigenvalue weighted by molar-refractivity contribution is 7.93. The van der Waals surface area contributed by atoms with Crippen LogP contribution in [0, 0.1) is 31.4 Å². The summed E-state index contributed by atoms with van der Waals surface area (Å²) >= 11 is 0. The first kappa shape index (κ1) is 44.4. The standard InChI is InChI=1S/C49H53F2N9O6S/c1-9-67(64,52-8)35-11-13-39(36(50)24-35)57-17-18-58(47(57)63)43-41-30(5)56(16-14-37(41)54-60(43)34-20-27(2)42(51)28(3)21-34)44(61)40-23-33-22-31(32-15-19-65-48(6,7)26-32)10-12-38(33)59(40)49(25-29(49)4)45-53-46(62)66-55-45/h10-13,17-18,20-24,29-30,32H,9,14-16,19,25-26H2,1-8H3,(H,53,55,62)/t29-,30-,32-,49-,67-/m0/s1. The van der Waals surface area contributed by atoms with Crippen molar-refractivity contribution >= 4 is 26.5 Å². The molecule has 18 heteroatoms. The molecule has 1 saturated carbocycles. The number of rotatable bonds is 9. The number of aryl methyl sites for hydroxylation is 2. The zero-order chi connectivity index (χ0) is 47.5. The zero-order valence-corrected chi connectivity index (χ0v) is 39.5. The van der Waals surface area contributed by atoms with Crippen molar-refractivity contribution < 1.29 is 27.0 Å². The zero-order valence-electron chi connectivity index (χ0n) is 38.7. The topological polar surface area (TPSA) is 168 Å².